The van der Waals surface area contributed by atoms with Crippen molar-refractivity contribution >= 4 is 21.6 Å². The molecule has 2 nitrogen and oxygen atoms in total. The number of aryl methyl sites for hydroxylation is 1. The largest absolute Gasteiger partial charge is 0.382 e. The normalized spacial score (nSPS) is 25.0. The van der Waals surface area contributed by atoms with Gasteiger partial charge in [-0.1, -0.05) is 25.3 Å². The van der Waals surface area contributed by atoms with Crippen LogP contribution in [0.15, 0.2) is 22.7 Å². The summed E-state index contributed by atoms with van der Waals surface area (Å²) in [6.45, 7) is 3.03. The Labute approximate surface area is 130 Å². The fraction of sp³-hybridized carbons (Fsp3) is 0.647. The van der Waals surface area contributed by atoms with Crippen LogP contribution >= 0.6 is 15.9 Å². The van der Waals surface area contributed by atoms with Crippen LogP contribution in [-0.2, 0) is 4.74 Å². The average Bonchev–Trinajstić information content (AvgIpc) is 2.82. The van der Waals surface area contributed by atoms with Crippen molar-refractivity contribution < 1.29 is 4.74 Å². The monoisotopic (exact) mass is 337 g/mol. The first-order valence-electron chi connectivity index (χ1n) is 7.85. The number of hydrogen-bond acceptors (Lipinski definition) is 2. The van der Waals surface area contributed by atoms with Gasteiger partial charge < -0.3 is 10.1 Å². The maximum absolute atomic E-state index is 6.40. The molecule has 0 radical (unpaired) electrons. The number of anilines is 1. The maximum Gasteiger partial charge on any atom is 0.0756 e. The molecule has 110 valence electrons. The van der Waals surface area contributed by atoms with Crippen LogP contribution in [0.25, 0.3) is 0 Å². The molecule has 1 aliphatic heterocycles. The summed E-state index contributed by atoms with van der Waals surface area (Å²) in [7, 11) is 0. The van der Waals surface area contributed by atoms with Crippen molar-refractivity contribution in [1.82, 2.24) is 0 Å². The predicted molar refractivity (Wildman–Crippen MR) is 87.3 cm³/mol. The zero-order chi connectivity index (χ0) is 14.0. The van der Waals surface area contributed by atoms with E-state index in [2.05, 4.69) is 46.4 Å². The number of ether oxygens (including phenoxy) is 1. The van der Waals surface area contributed by atoms with E-state index in [9.17, 15) is 0 Å². The molecule has 1 N–H and O–H groups in total. The van der Waals surface area contributed by atoms with Crippen LogP contribution < -0.4 is 5.32 Å². The van der Waals surface area contributed by atoms with Gasteiger partial charge in [0.15, 0.2) is 0 Å². The Balaban J connectivity index is 1.54. The predicted octanol–water partition coefficient (Wildman–Crippen LogP) is 5.05. The van der Waals surface area contributed by atoms with Crippen molar-refractivity contribution in [2.45, 2.75) is 63.6 Å². The SMILES string of the molecule is Cc1ccc(NCC2CCC3(CCCCC3)O2)c(Br)c1. The minimum Gasteiger partial charge on any atom is -0.382 e. The van der Waals surface area contributed by atoms with Crippen molar-refractivity contribution in [3.8, 4) is 0 Å². The van der Waals surface area contributed by atoms with Gasteiger partial charge >= 0.3 is 0 Å². The van der Waals surface area contributed by atoms with Crippen molar-refractivity contribution in [2.75, 3.05) is 11.9 Å². The van der Waals surface area contributed by atoms with Crippen molar-refractivity contribution in [3.05, 3.63) is 28.2 Å². The van der Waals surface area contributed by atoms with Gasteiger partial charge in [-0.05, 0) is 66.2 Å². The Morgan fingerprint density at radius 1 is 1.25 bits per heavy atom. The Morgan fingerprint density at radius 3 is 2.80 bits per heavy atom. The number of halogens is 1. The molecule has 1 saturated heterocycles. The van der Waals surface area contributed by atoms with Gasteiger partial charge in [-0.3, -0.25) is 0 Å². The van der Waals surface area contributed by atoms with Crippen LogP contribution in [0.1, 0.15) is 50.5 Å². The van der Waals surface area contributed by atoms with E-state index in [1.165, 1.54) is 56.2 Å². The third-order valence-electron chi connectivity index (χ3n) is 4.75. The Hall–Kier alpha value is -0.540. The van der Waals surface area contributed by atoms with Gasteiger partial charge in [-0.15, -0.1) is 0 Å². The van der Waals surface area contributed by atoms with Gasteiger partial charge in [0, 0.05) is 16.7 Å². The molecule has 0 aromatic heterocycles. The average molecular weight is 338 g/mol. The molecule has 3 heteroatoms. The summed E-state index contributed by atoms with van der Waals surface area (Å²) in [5, 5.41) is 3.53. The molecule has 1 saturated carbocycles. The van der Waals surface area contributed by atoms with E-state index >= 15 is 0 Å². The fourth-order valence-corrected chi connectivity index (χ4v) is 4.22. The molecule has 0 amide bonds. The van der Waals surface area contributed by atoms with Crippen LogP contribution in [0.4, 0.5) is 5.69 Å². The molecular formula is C17H24BrNO. The minimum absolute atomic E-state index is 0.231. The summed E-state index contributed by atoms with van der Waals surface area (Å²) in [6, 6.07) is 6.44. The standard InChI is InChI=1S/C17H24BrNO/c1-13-5-6-16(15(18)11-13)19-12-14-7-10-17(20-14)8-3-2-4-9-17/h5-6,11,14,19H,2-4,7-10,12H2,1H3. The molecular weight excluding hydrogens is 314 g/mol. The van der Waals surface area contributed by atoms with E-state index in [0.29, 0.717) is 6.10 Å². The number of rotatable bonds is 3. The Bertz CT molecular complexity index is 468. The van der Waals surface area contributed by atoms with Gasteiger partial charge in [0.05, 0.1) is 11.7 Å². The molecule has 0 bridgehead atoms. The zero-order valence-electron chi connectivity index (χ0n) is 12.3. The highest BCUT2D eigenvalue weighted by molar-refractivity contribution is 9.10. The van der Waals surface area contributed by atoms with E-state index < -0.39 is 0 Å². The minimum atomic E-state index is 0.231. The molecule has 1 spiro atoms. The first-order chi connectivity index (χ1) is 9.67. The number of nitrogens with one attached hydrogen (secondary N) is 1. The Kier molecular flexibility index (Phi) is 4.37. The molecule has 1 heterocycles. The molecule has 20 heavy (non-hydrogen) atoms. The second-order valence-corrected chi connectivity index (χ2v) is 7.24. The summed E-state index contributed by atoms with van der Waals surface area (Å²) < 4.78 is 7.54. The first-order valence-corrected chi connectivity index (χ1v) is 8.64. The van der Waals surface area contributed by atoms with Crippen LogP contribution in [0.2, 0.25) is 0 Å². The van der Waals surface area contributed by atoms with E-state index in [1.54, 1.807) is 0 Å². The van der Waals surface area contributed by atoms with Gasteiger partial charge in [-0.25, -0.2) is 0 Å². The topological polar surface area (TPSA) is 21.3 Å². The molecule has 2 aliphatic rings. The molecule has 1 aromatic carbocycles. The summed E-state index contributed by atoms with van der Waals surface area (Å²) in [5.74, 6) is 0. The highest BCUT2D eigenvalue weighted by Crippen LogP contribution is 2.41. The van der Waals surface area contributed by atoms with E-state index in [-0.39, 0.29) is 5.60 Å². The number of hydrogen-bond donors (Lipinski definition) is 1. The molecule has 2 fully saturated rings. The number of benzene rings is 1. The second kappa shape index (κ2) is 6.07. The summed E-state index contributed by atoms with van der Waals surface area (Å²) in [5.41, 5.74) is 2.68. The van der Waals surface area contributed by atoms with Crippen LogP contribution in [0.5, 0.6) is 0 Å². The quantitative estimate of drug-likeness (QED) is 0.833. The van der Waals surface area contributed by atoms with Crippen LogP contribution in [0.3, 0.4) is 0 Å². The summed E-state index contributed by atoms with van der Waals surface area (Å²) >= 11 is 3.62. The lowest BCUT2D eigenvalue weighted by Crippen LogP contribution is -2.33. The molecule has 3 rings (SSSR count). The third-order valence-corrected chi connectivity index (χ3v) is 5.40. The van der Waals surface area contributed by atoms with Crippen molar-refractivity contribution in [3.63, 3.8) is 0 Å². The maximum atomic E-state index is 6.40. The van der Waals surface area contributed by atoms with E-state index in [4.69, 9.17) is 4.74 Å². The summed E-state index contributed by atoms with van der Waals surface area (Å²) in [4.78, 5) is 0. The van der Waals surface area contributed by atoms with Crippen molar-refractivity contribution in [2.24, 2.45) is 0 Å². The lowest BCUT2D eigenvalue weighted by molar-refractivity contribution is -0.0588. The molecule has 1 aromatic rings. The molecule has 1 unspecified atom stereocenters. The van der Waals surface area contributed by atoms with Gasteiger partial charge in [0.2, 0.25) is 0 Å². The van der Waals surface area contributed by atoms with Gasteiger partial charge in [0.25, 0.3) is 0 Å². The molecule has 1 atom stereocenters. The highest BCUT2D eigenvalue weighted by atomic mass is 79.9. The van der Waals surface area contributed by atoms with Crippen molar-refractivity contribution in [1.29, 1.82) is 0 Å². The van der Waals surface area contributed by atoms with Gasteiger partial charge in [-0.2, -0.15) is 0 Å². The van der Waals surface area contributed by atoms with E-state index in [1.807, 2.05) is 0 Å². The first kappa shape index (κ1) is 14.4. The lowest BCUT2D eigenvalue weighted by Gasteiger charge is -2.33. The van der Waals surface area contributed by atoms with Crippen LogP contribution in [0, 0.1) is 6.92 Å². The van der Waals surface area contributed by atoms with E-state index in [0.717, 1.165) is 11.0 Å². The highest BCUT2D eigenvalue weighted by Gasteiger charge is 2.40. The second-order valence-electron chi connectivity index (χ2n) is 6.39. The van der Waals surface area contributed by atoms with Gasteiger partial charge in [0.1, 0.15) is 0 Å². The smallest absolute Gasteiger partial charge is 0.0756 e. The van der Waals surface area contributed by atoms with Crippen LogP contribution in [-0.4, -0.2) is 18.2 Å². The Morgan fingerprint density at radius 2 is 2.05 bits per heavy atom. The lowest BCUT2D eigenvalue weighted by atomic mass is 9.83. The summed E-state index contributed by atoms with van der Waals surface area (Å²) in [6.07, 6.45) is 9.49. The third kappa shape index (κ3) is 3.20. The molecule has 1 aliphatic carbocycles. The zero-order valence-corrected chi connectivity index (χ0v) is 13.8. The fourth-order valence-electron chi connectivity index (χ4n) is 3.59.